The van der Waals surface area contributed by atoms with Crippen LogP contribution >= 0.6 is 15.9 Å². The van der Waals surface area contributed by atoms with Crippen molar-refractivity contribution in [2.75, 3.05) is 5.73 Å². The quantitative estimate of drug-likeness (QED) is 0.935. The summed E-state index contributed by atoms with van der Waals surface area (Å²) in [6.07, 6.45) is 3.76. The molecule has 0 atom stereocenters. The molecule has 1 aromatic heterocycles. The van der Waals surface area contributed by atoms with Gasteiger partial charge in [-0.25, -0.2) is 4.98 Å². The van der Waals surface area contributed by atoms with Crippen LogP contribution in [-0.4, -0.2) is 4.98 Å². The Hall–Kier alpha value is -1.35. The van der Waals surface area contributed by atoms with Gasteiger partial charge in [0, 0.05) is 10.7 Å². The van der Waals surface area contributed by atoms with Crippen molar-refractivity contribution >= 4 is 21.7 Å². The summed E-state index contributed by atoms with van der Waals surface area (Å²) in [4.78, 5) is 3.98. The number of hydrogen-bond acceptors (Lipinski definition) is 2. The average Bonchev–Trinajstić information content (AvgIpc) is 2.27. The van der Waals surface area contributed by atoms with Crippen LogP contribution in [0.3, 0.4) is 0 Å². The van der Waals surface area contributed by atoms with Crippen molar-refractivity contribution in [3.05, 3.63) is 58.2 Å². The van der Waals surface area contributed by atoms with Crippen molar-refractivity contribution in [1.29, 1.82) is 0 Å². The Bertz CT molecular complexity index is 437. The third-order valence-corrected chi connectivity index (χ3v) is 2.93. The number of hydrogen-bond donors (Lipinski definition) is 1. The van der Waals surface area contributed by atoms with Gasteiger partial charge in [-0.05, 0) is 48.2 Å². The first-order valence-corrected chi connectivity index (χ1v) is 5.98. The molecule has 0 saturated heterocycles. The van der Waals surface area contributed by atoms with E-state index in [0.29, 0.717) is 5.82 Å². The number of rotatable bonds is 3. The van der Waals surface area contributed by atoms with Gasteiger partial charge in [0.2, 0.25) is 0 Å². The number of nitrogens with zero attached hydrogens (tertiary/aromatic N) is 1. The molecule has 1 aromatic carbocycles. The molecule has 0 amide bonds. The highest BCUT2D eigenvalue weighted by atomic mass is 79.9. The second-order valence-electron chi connectivity index (χ2n) is 3.72. The number of benzene rings is 1. The molecule has 0 radical (unpaired) electrons. The number of anilines is 1. The number of pyridine rings is 1. The molecule has 0 fully saturated rings. The Morgan fingerprint density at radius 2 is 1.81 bits per heavy atom. The van der Waals surface area contributed by atoms with Crippen LogP contribution in [0.15, 0.2) is 47.1 Å². The maximum Gasteiger partial charge on any atom is 0.123 e. The smallest absolute Gasteiger partial charge is 0.123 e. The number of nitrogens with two attached hydrogens (primary N) is 1. The van der Waals surface area contributed by atoms with Crippen LogP contribution in [-0.2, 0) is 12.8 Å². The Morgan fingerprint density at radius 1 is 1.06 bits per heavy atom. The van der Waals surface area contributed by atoms with Crippen LogP contribution in [0.25, 0.3) is 0 Å². The van der Waals surface area contributed by atoms with Gasteiger partial charge in [0.05, 0.1) is 0 Å². The SMILES string of the molecule is Nc1cc(CCc2cccc(Br)c2)ccn1. The fourth-order valence-electron chi connectivity index (χ4n) is 1.63. The molecule has 82 valence electrons. The molecule has 16 heavy (non-hydrogen) atoms. The van der Waals surface area contributed by atoms with Crippen molar-refractivity contribution in [1.82, 2.24) is 4.98 Å². The van der Waals surface area contributed by atoms with Crippen molar-refractivity contribution in [3.63, 3.8) is 0 Å². The van der Waals surface area contributed by atoms with Crippen LogP contribution in [0.4, 0.5) is 5.82 Å². The van der Waals surface area contributed by atoms with E-state index in [2.05, 4.69) is 39.1 Å². The van der Waals surface area contributed by atoms with E-state index in [1.807, 2.05) is 18.2 Å². The van der Waals surface area contributed by atoms with E-state index in [1.165, 1.54) is 11.1 Å². The standard InChI is InChI=1S/C13H13BrN2/c14-12-3-1-2-10(8-12)4-5-11-6-7-16-13(15)9-11/h1-3,6-9H,4-5H2,(H2,15,16). The summed E-state index contributed by atoms with van der Waals surface area (Å²) in [6, 6.07) is 12.3. The molecule has 0 aliphatic heterocycles. The summed E-state index contributed by atoms with van der Waals surface area (Å²) in [5, 5.41) is 0. The molecule has 0 spiro atoms. The van der Waals surface area contributed by atoms with E-state index in [0.717, 1.165) is 17.3 Å². The number of aryl methyl sites for hydroxylation is 2. The minimum absolute atomic E-state index is 0.590. The molecule has 1 heterocycles. The lowest BCUT2D eigenvalue weighted by Crippen LogP contribution is -1.95. The molecule has 0 unspecified atom stereocenters. The Morgan fingerprint density at radius 3 is 2.50 bits per heavy atom. The van der Waals surface area contributed by atoms with Crippen LogP contribution in [0.1, 0.15) is 11.1 Å². The Balaban J connectivity index is 2.02. The van der Waals surface area contributed by atoms with Crippen LogP contribution in [0.5, 0.6) is 0 Å². The van der Waals surface area contributed by atoms with Crippen molar-refractivity contribution in [3.8, 4) is 0 Å². The van der Waals surface area contributed by atoms with E-state index < -0.39 is 0 Å². The Labute approximate surface area is 104 Å². The van der Waals surface area contributed by atoms with Gasteiger partial charge in [-0.3, -0.25) is 0 Å². The fourth-order valence-corrected chi connectivity index (χ4v) is 2.08. The van der Waals surface area contributed by atoms with E-state index in [9.17, 15) is 0 Å². The molecule has 2 N–H and O–H groups in total. The third-order valence-electron chi connectivity index (χ3n) is 2.44. The minimum Gasteiger partial charge on any atom is -0.384 e. The highest BCUT2D eigenvalue weighted by molar-refractivity contribution is 9.10. The lowest BCUT2D eigenvalue weighted by atomic mass is 10.1. The molecule has 2 rings (SSSR count). The number of nitrogen functional groups attached to an aromatic ring is 1. The molecule has 0 saturated carbocycles. The van der Waals surface area contributed by atoms with E-state index in [1.54, 1.807) is 6.20 Å². The van der Waals surface area contributed by atoms with Gasteiger partial charge in [0.15, 0.2) is 0 Å². The molecule has 2 aromatic rings. The zero-order chi connectivity index (χ0) is 11.4. The van der Waals surface area contributed by atoms with Crippen molar-refractivity contribution in [2.45, 2.75) is 12.8 Å². The molecular formula is C13H13BrN2. The number of aromatic nitrogens is 1. The Kier molecular flexibility index (Phi) is 3.57. The minimum atomic E-state index is 0.590. The van der Waals surface area contributed by atoms with Gasteiger partial charge >= 0.3 is 0 Å². The monoisotopic (exact) mass is 276 g/mol. The molecule has 3 heteroatoms. The van der Waals surface area contributed by atoms with Gasteiger partial charge in [-0.1, -0.05) is 28.1 Å². The van der Waals surface area contributed by atoms with Crippen LogP contribution in [0.2, 0.25) is 0 Å². The van der Waals surface area contributed by atoms with E-state index in [4.69, 9.17) is 5.73 Å². The fraction of sp³-hybridized carbons (Fsp3) is 0.154. The van der Waals surface area contributed by atoms with Gasteiger partial charge < -0.3 is 5.73 Å². The summed E-state index contributed by atoms with van der Waals surface area (Å²) in [7, 11) is 0. The number of halogens is 1. The normalized spacial score (nSPS) is 10.3. The lowest BCUT2D eigenvalue weighted by Gasteiger charge is -2.03. The highest BCUT2D eigenvalue weighted by Gasteiger charge is 1.97. The summed E-state index contributed by atoms with van der Waals surface area (Å²) in [5.41, 5.74) is 8.19. The second-order valence-corrected chi connectivity index (χ2v) is 4.63. The zero-order valence-electron chi connectivity index (χ0n) is 8.86. The first kappa shape index (κ1) is 11.1. The molecule has 0 aliphatic carbocycles. The third kappa shape index (κ3) is 3.07. The van der Waals surface area contributed by atoms with Crippen LogP contribution < -0.4 is 5.73 Å². The zero-order valence-corrected chi connectivity index (χ0v) is 10.4. The summed E-state index contributed by atoms with van der Waals surface area (Å²) < 4.78 is 1.12. The van der Waals surface area contributed by atoms with Gasteiger partial charge in [-0.2, -0.15) is 0 Å². The van der Waals surface area contributed by atoms with Crippen LogP contribution in [0, 0.1) is 0 Å². The first-order valence-electron chi connectivity index (χ1n) is 5.19. The molecule has 2 nitrogen and oxygen atoms in total. The molecule has 0 aliphatic rings. The van der Waals surface area contributed by atoms with Gasteiger partial charge in [-0.15, -0.1) is 0 Å². The molecule has 0 bridgehead atoms. The van der Waals surface area contributed by atoms with E-state index in [-0.39, 0.29) is 0 Å². The topological polar surface area (TPSA) is 38.9 Å². The van der Waals surface area contributed by atoms with Gasteiger partial charge in [0.25, 0.3) is 0 Å². The maximum atomic E-state index is 5.63. The summed E-state index contributed by atoms with van der Waals surface area (Å²) >= 11 is 3.47. The summed E-state index contributed by atoms with van der Waals surface area (Å²) in [5.74, 6) is 0.590. The molecular weight excluding hydrogens is 264 g/mol. The second kappa shape index (κ2) is 5.12. The maximum absolute atomic E-state index is 5.63. The lowest BCUT2D eigenvalue weighted by molar-refractivity contribution is 0.955. The van der Waals surface area contributed by atoms with Crippen molar-refractivity contribution < 1.29 is 0 Å². The van der Waals surface area contributed by atoms with Gasteiger partial charge in [0.1, 0.15) is 5.82 Å². The largest absolute Gasteiger partial charge is 0.384 e. The summed E-state index contributed by atoms with van der Waals surface area (Å²) in [6.45, 7) is 0. The first-order chi connectivity index (χ1) is 7.74. The van der Waals surface area contributed by atoms with Crippen molar-refractivity contribution in [2.24, 2.45) is 0 Å². The predicted octanol–water partition coefficient (Wildman–Crippen LogP) is 3.21. The predicted molar refractivity (Wildman–Crippen MR) is 70.2 cm³/mol. The highest BCUT2D eigenvalue weighted by Crippen LogP contribution is 2.14. The average molecular weight is 277 g/mol. The van der Waals surface area contributed by atoms with E-state index >= 15 is 0 Å².